The zero-order valence-electron chi connectivity index (χ0n) is 22.0. The maximum Gasteiger partial charge on any atom is 0.408 e. The van der Waals surface area contributed by atoms with Gasteiger partial charge in [0.05, 0.1) is 18.6 Å². The van der Waals surface area contributed by atoms with Crippen molar-refractivity contribution in [2.45, 2.75) is 63.8 Å². The topological polar surface area (TPSA) is 134 Å². The van der Waals surface area contributed by atoms with Crippen LogP contribution in [0.4, 0.5) is 4.79 Å². The van der Waals surface area contributed by atoms with E-state index in [2.05, 4.69) is 23.8 Å². The number of alkyl carbamates (subject to hydrolysis) is 1. The summed E-state index contributed by atoms with van der Waals surface area (Å²) in [7, 11) is 0. The standard InChI is InChI=1S/C28H39N3O7/c1-4-10-22(16-25(33)29-20(3)17-32)26(34)31-15-9-14-23(31)19-37-27(35)24(11-5-2)30-28(36)38-18-21-12-7-6-8-13-21/h4-8,12-13,20,22-24,32H,1-2,9-11,14-19H2,3H3,(H,29,33)(H,30,36)/t20-,22+,23+,24-/m1/s1. The smallest absolute Gasteiger partial charge is 0.408 e. The minimum absolute atomic E-state index is 0.0331. The van der Waals surface area contributed by atoms with Gasteiger partial charge in [-0.2, -0.15) is 0 Å². The zero-order valence-corrected chi connectivity index (χ0v) is 22.0. The van der Waals surface area contributed by atoms with Gasteiger partial charge in [0.1, 0.15) is 19.3 Å². The summed E-state index contributed by atoms with van der Waals surface area (Å²) in [5.74, 6) is -1.79. The fourth-order valence-electron chi connectivity index (χ4n) is 4.18. The molecule has 3 N–H and O–H groups in total. The van der Waals surface area contributed by atoms with E-state index in [1.165, 1.54) is 6.08 Å². The second-order valence-electron chi connectivity index (χ2n) is 9.32. The fraction of sp³-hybridized carbons (Fsp3) is 0.500. The molecule has 3 amide bonds. The summed E-state index contributed by atoms with van der Waals surface area (Å²) < 4.78 is 10.7. The molecule has 1 heterocycles. The van der Waals surface area contributed by atoms with Gasteiger partial charge in [-0.25, -0.2) is 9.59 Å². The Morgan fingerprint density at radius 3 is 2.47 bits per heavy atom. The molecule has 0 unspecified atom stereocenters. The number of carbonyl (C=O) groups is 4. The molecule has 0 aliphatic carbocycles. The minimum Gasteiger partial charge on any atom is -0.462 e. The third kappa shape index (κ3) is 10.0. The highest BCUT2D eigenvalue weighted by Crippen LogP contribution is 2.23. The Morgan fingerprint density at radius 2 is 1.82 bits per heavy atom. The van der Waals surface area contributed by atoms with E-state index in [9.17, 15) is 19.2 Å². The lowest BCUT2D eigenvalue weighted by molar-refractivity contribution is -0.150. The van der Waals surface area contributed by atoms with Crippen LogP contribution in [-0.4, -0.2) is 71.8 Å². The van der Waals surface area contributed by atoms with Crippen molar-refractivity contribution in [1.82, 2.24) is 15.5 Å². The van der Waals surface area contributed by atoms with E-state index in [1.54, 1.807) is 17.9 Å². The van der Waals surface area contributed by atoms with Crippen molar-refractivity contribution in [2.24, 2.45) is 5.92 Å². The molecule has 208 valence electrons. The van der Waals surface area contributed by atoms with E-state index >= 15 is 0 Å². The molecule has 1 aromatic rings. The molecule has 38 heavy (non-hydrogen) atoms. The van der Waals surface area contributed by atoms with Crippen LogP contribution in [0.3, 0.4) is 0 Å². The lowest BCUT2D eigenvalue weighted by Crippen LogP contribution is -2.46. The summed E-state index contributed by atoms with van der Waals surface area (Å²) in [4.78, 5) is 52.2. The molecule has 10 nitrogen and oxygen atoms in total. The zero-order chi connectivity index (χ0) is 27.9. The number of aliphatic hydroxyl groups excluding tert-OH is 1. The maximum atomic E-state index is 13.3. The molecule has 1 fully saturated rings. The Hall–Kier alpha value is -3.66. The number of aliphatic hydroxyl groups is 1. The first-order chi connectivity index (χ1) is 18.3. The number of hydrogen-bond donors (Lipinski definition) is 3. The summed E-state index contributed by atoms with van der Waals surface area (Å²) >= 11 is 0. The van der Waals surface area contributed by atoms with Crippen molar-refractivity contribution >= 4 is 23.9 Å². The number of esters is 1. The monoisotopic (exact) mass is 529 g/mol. The summed E-state index contributed by atoms with van der Waals surface area (Å²) in [5.41, 5.74) is 0.812. The second kappa shape index (κ2) is 16.2. The second-order valence-corrected chi connectivity index (χ2v) is 9.32. The molecule has 0 bridgehead atoms. The predicted molar refractivity (Wildman–Crippen MR) is 142 cm³/mol. The first-order valence-electron chi connectivity index (χ1n) is 12.8. The quantitative estimate of drug-likeness (QED) is 0.235. The molecule has 1 aliphatic heterocycles. The minimum atomic E-state index is -0.980. The van der Waals surface area contributed by atoms with Gasteiger partial charge in [-0.15, -0.1) is 13.2 Å². The van der Waals surface area contributed by atoms with Crippen LogP contribution in [0, 0.1) is 5.92 Å². The number of ether oxygens (including phenoxy) is 2. The van der Waals surface area contributed by atoms with Crippen molar-refractivity contribution < 1.29 is 33.8 Å². The van der Waals surface area contributed by atoms with Gasteiger partial charge in [-0.05, 0) is 38.2 Å². The highest BCUT2D eigenvalue weighted by molar-refractivity contribution is 5.86. The van der Waals surface area contributed by atoms with Crippen molar-refractivity contribution in [3.05, 3.63) is 61.2 Å². The lowest BCUT2D eigenvalue weighted by Gasteiger charge is -2.29. The van der Waals surface area contributed by atoms with Gasteiger partial charge in [-0.1, -0.05) is 42.5 Å². The Bertz CT molecular complexity index is 953. The SMILES string of the molecule is C=CC[C@@H](CC(=O)N[C@H](C)CO)C(=O)N1CCC[C@H]1COC(=O)[C@@H](CC=C)NC(=O)OCc1ccccc1. The normalized spacial score (nSPS) is 17.0. The predicted octanol–water partition coefficient (Wildman–Crippen LogP) is 2.47. The number of likely N-dealkylation sites (tertiary alicyclic amines) is 1. The van der Waals surface area contributed by atoms with Crippen LogP contribution in [0.1, 0.15) is 44.6 Å². The molecule has 0 radical (unpaired) electrons. The van der Waals surface area contributed by atoms with Crippen LogP contribution in [0.15, 0.2) is 55.6 Å². The van der Waals surface area contributed by atoms with Gasteiger partial charge >= 0.3 is 12.1 Å². The van der Waals surface area contributed by atoms with Gasteiger partial charge in [0.2, 0.25) is 11.8 Å². The number of hydrogen-bond acceptors (Lipinski definition) is 7. The molecule has 1 saturated heterocycles. The summed E-state index contributed by atoms with van der Waals surface area (Å²) in [6, 6.07) is 7.43. The highest BCUT2D eigenvalue weighted by atomic mass is 16.6. The molecule has 0 saturated carbocycles. The Morgan fingerprint density at radius 1 is 1.11 bits per heavy atom. The number of allylic oxidation sites excluding steroid dienone is 1. The summed E-state index contributed by atoms with van der Waals surface area (Å²) in [5, 5.41) is 14.3. The van der Waals surface area contributed by atoms with E-state index in [-0.39, 0.29) is 50.5 Å². The Labute approximate surface area is 224 Å². The third-order valence-corrected chi connectivity index (χ3v) is 6.18. The van der Waals surface area contributed by atoms with E-state index in [0.29, 0.717) is 19.4 Å². The first-order valence-corrected chi connectivity index (χ1v) is 12.8. The van der Waals surface area contributed by atoms with Gasteiger partial charge in [0.15, 0.2) is 0 Å². The van der Waals surface area contributed by atoms with E-state index in [0.717, 1.165) is 12.0 Å². The number of nitrogens with zero attached hydrogens (tertiary/aromatic N) is 1. The highest BCUT2D eigenvalue weighted by Gasteiger charge is 2.35. The number of carbonyl (C=O) groups excluding carboxylic acids is 4. The molecule has 1 aromatic carbocycles. The van der Waals surface area contributed by atoms with Gasteiger partial charge in [0.25, 0.3) is 0 Å². The third-order valence-electron chi connectivity index (χ3n) is 6.18. The Kier molecular flexibility index (Phi) is 13.1. The Balaban J connectivity index is 1.92. The summed E-state index contributed by atoms with van der Waals surface area (Å²) in [6.45, 7) is 9.32. The largest absolute Gasteiger partial charge is 0.462 e. The average molecular weight is 530 g/mol. The van der Waals surface area contributed by atoms with Crippen molar-refractivity contribution in [3.63, 3.8) is 0 Å². The van der Waals surface area contributed by atoms with Crippen molar-refractivity contribution in [1.29, 1.82) is 0 Å². The molecule has 1 aliphatic rings. The van der Waals surface area contributed by atoms with E-state index in [4.69, 9.17) is 14.6 Å². The van der Waals surface area contributed by atoms with Gasteiger partial charge in [-0.3, -0.25) is 9.59 Å². The molecule has 4 atom stereocenters. The van der Waals surface area contributed by atoms with Crippen LogP contribution in [0.25, 0.3) is 0 Å². The molecule has 10 heteroatoms. The van der Waals surface area contributed by atoms with Crippen LogP contribution < -0.4 is 10.6 Å². The van der Waals surface area contributed by atoms with Crippen LogP contribution in [0.2, 0.25) is 0 Å². The lowest BCUT2D eigenvalue weighted by atomic mass is 9.98. The number of amides is 3. The van der Waals surface area contributed by atoms with Gasteiger partial charge < -0.3 is 30.1 Å². The number of nitrogens with one attached hydrogen (secondary N) is 2. The maximum absolute atomic E-state index is 13.3. The van der Waals surface area contributed by atoms with Gasteiger partial charge in [0, 0.05) is 19.0 Å². The molecular formula is C28H39N3O7. The molecule has 0 aromatic heterocycles. The molecule has 2 rings (SSSR count). The van der Waals surface area contributed by atoms with E-state index in [1.807, 2.05) is 30.3 Å². The molecule has 0 spiro atoms. The van der Waals surface area contributed by atoms with Crippen LogP contribution in [0.5, 0.6) is 0 Å². The number of benzene rings is 1. The fourth-order valence-corrected chi connectivity index (χ4v) is 4.18. The van der Waals surface area contributed by atoms with Crippen LogP contribution >= 0.6 is 0 Å². The van der Waals surface area contributed by atoms with Crippen molar-refractivity contribution in [2.75, 3.05) is 19.8 Å². The first kappa shape index (κ1) is 30.6. The van der Waals surface area contributed by atoms with Crippen LogP contribution in [-0.2, 0) is 30.5 Å². The average Bonchev–Trinajstić information content (AvgIpc) is 3.38. The molecular weight excluding hydrogens is 490 g/mol. The number of rotatable bonds is 15. The summed E-state index contributed by atoms with van der Waals surface area (Å²) in [6.07, 6.45) is 4.16. The van der Waals surface area contributed by atoms with E-state index < -0.39 is 30.1 Å². The van der Waals surface area contributed by atoms with Crippen molar-refractivity contribution in [3.8, 4) is 0 Å².